The number of aliphatic hydroxyl groups is 1. The van der Waals surface area contributed by atoms with Crippen LogP contribution in [-0.4, -0.2) is 51.8 Å². The van der Waals surface area contributed by atoms with Crippen molar-refractivity contribution in [3.63, 3.8) is 0 Å². The van der Waals surface area contributed by atoms with Crippen LogP contribution in [0.1, 0.15) is 94.8 Å². The number of benzene rings is 2. The number of hydrogen-bond acceptors (Lipinski definition) is 10. The quantitative estimate of drug-likeness (QED) is 0.132. The minimum absolute atomic E-state index is 0.000835. The Kier molecular flexibility index (Phi) is 16.3. The fourth-order valence-electron chi connectivity index (χ4n) is 6.16. The Labute approximate surface area is 345 Å². The third kappa shape index (κ3) is 11.0. The second kappa shape index (κ2) is 21.1. The average molecular weight is 831 g/mol. The number of aldehydes is 1. The van der Waals surface area contributed by atoms with Crippen molar-refractivity contribution >= 4 is 28.4 Å². The van der Waals surface area contributed by atoms with Crippen molar-refractivity contribution in [3.8, 4) is 11.5 Å². The molecular formula is C44H52F2N6O8. The molecule has 0 aliphatic heterocycles. The van der Waals surface area contributed by atoms with Crippen LogP contribution in [0.4, 0.5) is 8.78 Å². The second-order valence-electron chi connectivity index (χ2n) is 14.5. The zero-order valence-corrected chi connectivity index (χ0v) is 35.1. The number of halogens is 2. The minimum atomic E-state index is -1.27. The Morgan fingerprint density at radius 1 is 0.717 bits per heavy atom. The van der Waals surface area contributed by atoms with Gasteiger partial charge in [-0.3, -0.25) is 32.7 Å². The number of rotatable bonds is 13. The lowest BCUT2D eigenvalue weighted by Crippen LogP contribution is -2.40. The highest BCUT2D eigenvalue weighted by Crippen LogP contribution is 2.34. The van der Waals surface area contributed by atoms with Gasteiger partial charge in [0.2, 0.25) is 0 Å². The van der Waals surface area contributed by atoms with Gasteiger partial charge in [0.05, 0.1) is 35.4 Å². The SMILES string of the molecule is CCCCn1c(=O)c2c(C(O)c3ccc(F)cc3)c(OC(C)C)cnc2n(C)c1=O.CCCCn1c(=O)c2cc(OC(C)C)cnc2n(C)c1=O.O=Cc1ccc(F)cc1. The zero-order valence-electron chi connectivity index (χ0n) is 35.1. The van der Waals surface area contributed by atoms with Gasteiger partial charge in [-0.1, -0.05) is 38.8 Å². The summed E-state index contributed by atoms with van der Waals surface area (Å²) in [6.07, 6.45) is 5.29. The van der Waals surface area contributed by atoms with Crippen LogP contribution >= 0.6 is 0 Å². The Morgan fingerprint density at radius 3 is 1.73 bits per heavy atom. The highest BCUT2D eigenvalue weighted by molar-refractivity contribution is 5.81. The van der Waals surface area contributed by atoms with Crippen molar-refractivity contribution in [2.75, 3.05) is 0 Å². The first-order valence-corrected chi connectivity index (χ1v) is 19.7. The molecule has 2 aromatic carbocycles. The van der Waals surface area contributed by atoms with Gasteiger partial charge in [-0.05, 0) is 88.6 Å². The van der Waals surface area contributed by atoms with Crippen LogP contribution in [0.25, 0.3) is 22.1 Å². The molecule has 0 spiro atoms. The molecule has 1 unspecified atom stereocenters. The van der Waals surface area contributed by atoms with Crippen LogP contribution in [0, 0.1) is 11.6 Å². The van der Waals surface area contributed by atoms with Crippen molar-refractivity contribution in [2.45, 2.75) is 98.6 Å². The van der Waals surface area contributed by atoms with E-state index in [-0.39, 0.29) is 58.2 Å². The monoisotopic (exact) mass is 830 g/mol. The molecule has 60 heavy (non-hydrogen) atoms. The van der Waals surface area contributed by atoms with E-state index in [1.54, 1.807) is 13.1 Å². The topological polar surface area (TPSA) is 170 Å². The maximum absolute atomic E-state index is 13.4. The second-order valence-corrected chi connectivity index (χ2v) is 14.5. The van der Waals surface area contributed by atoms with Gasteiger partial charge in [0.25, 0.3) is 11.1 Å². The number of nitrogens with zero attached hydrogens (tertiary/aromatic N) is 6. The molecule has 320 valence electrons. The molecule has 6 rings (SSSR count). The van der Waals surface area contributed by atoms with Crippen LogP contribution in [0.15, 0.2) is 86.2 Å². The van der Waals surface area contributed by atoms with Crippen LogP contribution in [0.3, 0.4) is 0 Å². The van der Waals surface area contributed by atoms with Crippen LogP contribution in [0.2, 0.25) is 0 Å². The molecule has 0 fully saturated rings. The molecule has 0 saturated carbocycles. The van der Waals surface area contributed by atoms with E-state index in [1.165, 1.54) is 81.7 Å². The molecule has 1 N–H and O–H groups in total. The van der Waals surface area contributed by atoms with Gasteiger partial charge < -0.3 is 14.6 Å². The van der Waals surface area contributed by atoms with Crippen molar-refractivity contribution in [1.82, 2.24) is 28.2 Å². The summed E-state index contributed by atoms with van der Waals surface area (Å²) in [4.78, 5) is 69.3. The number of unbranched alkanes of at least 4 members (excludes halogenated alkanes) is 2. The van der Waals surface area contributed by atoms with Crippen LogP contribution < -0.4 is 32.0 Å². The number of aliphatic hydroxyl groups excluding tert-OH is 1. The molecule has 0 aliphatic carbocycles. The molecule has 0 radical (unpaired) electrons. The lowest BCUT2D eigenvalue weighted by atomic mass is 9.98. The third-order valence-electron chi connectivity index (χ3n) is 9.18. The van der Waals surface area contributed by atoms with Gasteiger partial charge in [-0.2, -0.15) is 0 Å². The molecular weight excluding hydrogens is 779 g/mol. The molecule has 0 saturated heterocycles. The third-order valence-corrected chi connectivity index (χ3v) is 9.18. The Balaban J connectivity index is 0.000000228. The number of aromatic nitrogens is 6. The van der Waals surface area contributed by atoms with Gasteiger partial charge in [0.15, 0.2) is 0 Å². The maximum atomic E-state index is 13.4. The lowest BCUT2D eigenvalue weighted by Gasteiger charge is -2.21. The molecule has 4 heterocycles. The number of fused-ring (bicyclic) bond motifs is 2. The smallest absolute Gasteiger partial charge is 0.332 e. The van der Waals surface area contributed by atoms with E-state index in [9.17, 15) is 37.9 Å². The van der Waals surface area contributed by atoms with E-state index in [0.717, 1.165) is 23.8 Å². The molecule has 0 amide bonds. The van der Waals surface area contributed by atoms with Crippen molar-refractivity contribution < 1.29 is 28.2 Å². The summed E-state index contributed by atoms with van der Waals surface area (Å²) in [5.74, 6) is 0.0246. The van der Waals surface area contributed by atoms with E-state index in [2.05, 4.69) is 9.97 Å². The largest absolute Gasteiger partial charge is 0.489 e. The van der Waals surface area contributed by atoms with Crippen molar-refractivity contribution in [3.05, 3.63) is 137 Å². The summed E-state index contributed by atoms with van der Waals surface area (Å²) in [5, 5.41) is 11.7. The highest BCUT2D eigenvalue weighted by atomic mass is 19.1. The zero-order chi connectivity index (χ0) is 44.3. The Hall–Kier alpha value is -6.29. The van der Waals surface area contributed by atoms with E-state index in [1.807, 2.05) is 41.5 Å². The minimum Gasteiger partial charge on any atom is -0.489 e. The molecule has 0 bridgehead atoms. The number of pyridine rings is 2. The summed E-state index contributed by atoms with van der Waals surface area (Å²) in [5.41, 5.74) is 0.0224. The summed E-state index contributed by atoms with van der Waals surface area (Å²) >= 11 is 0. The molecule has 1 atom stereocenters. The first-order valence-electron chi connectivity index (χ1n) is 19.7. The normalized spacial score (nSPS) is 11.6. The highest BCUT2D eigenvalue weighted by Gasteiger charge is 2.26. The fraction of sp³-hybridized carbons (Fsp3) is 0.386. The molecule has 16 heteroatoms. The Bertz CT molecular complexity index is 2650. The van der Waals surface area contributed by atoms with Gasteiger partial charge >= 0.3 is 11.4 Å². The lowest BCUT2D eigenvalue weighted by molar-refractivity contribution is 0.112. The average Bonchev–Trinajstić information content (AvgIpc) is 3.22. The number of carbonyl (C=O) groups excluding carboxylic acids is 1. The molecule has 0 aliphatic rings. The summed E-state index contributed by atoms with van der Waals surface area (Å²) in [6.45, 7) is 12.1. The molecule has 6 aromatic rings. The van der Waals surface area contributed by atoms with E-state index in [0.29, 0.717) is 47.2 Å². The maximum Gasteiger partial charge on any atom is 0.332 e. The van der Waals surface area contributed by atoms with Crippen LogP contribution in [0.5, 0.6) is 11.5 Å². The number of ether oxygens (including phenoxy) is 2. The molecule has 14 nitrogen and oxygen atoms in total. The van der Waals surface area contributed by atoms with Gasteiger partial charge in [0, 0.05) is 38.3 Å². The predicted octanol–water partition coefficient (Wildman–Crippen LogP) is 6.22. The molecule has 4 aromatic heterocycles. The van der Waals surface area contributed by atoms with Crippen LogP contribution in [-0.2, 0) is 27.2 Å². The number of hydrogen-bond donors (Lipinski definition) is 1. The van der Waals surface area contributed by atoms with Crippen molar-refractivity contribution in [2.24, 2.45) is 14.1 Å². The number of aryl methyl sites for hydroxylation is 2. The summed E-state index contributed by atoms with van der Waals surface area (Å²) < 4.78 is 42.0. The standard InChI is InChI=1S/C22H26FN3O4.C15H21N3O3.C7H5FO/c1-5-6-11-26-21(28)18-17(19(27)14-7-9-15(23)10-8-14)16(30-13(2)3)12-24-20(18)25(4)22(26)29;1-5-6-7-18-14(19)12-8-11(21-10(2)3)9-16-13(12)17(4)15(18)20;8-7-3-1-6(5-9)2-4-7/h7-10,12-13,19,27H,5-6,11H2,1-4H3;8-10H,5-7H2,1-4H3;1-5H. The summed E-state index contributed by atoms with van der Waals surface area (Å²) in [7, 11) is 3.17. The van der Waals surface area contributed by atoms with E-state index < -0.39 is 23.2 Å². The van der Waals surface area contributed by atoms with E-state index >= 15 is 0 Å². The van der Waals surface area contributed by atoms with Gasteiger partial charge in [-0.25, -0.2) is 28.3 Å². The first-order chi connectivity index (χ1) is 28.5. The van der Waals surface area contributed by atoms with Gasteiger partial charge in [0.1, 0.15) is 46.8 Å². The number of carbonyl (C=O) groups is 1. The fourth-order valence-corrected chi connectivity index (χ4v) is 6.16. The van der Waals surface area contributed by atoms with Gasteiger partial charge in [-0.15, -0.1) is 0 Å². The first kappa shape index (κ1) is 46.4. The van der Waals surface area contributed by atoms with Crippen molar-refractivity contribution in [1.29, 1.82) is 0 Å². The summed E-state index contributed by atoms with van der Waals surface area (Å²) in [6, 6.07) is 12.4. The predicted molar refractivity (Wildman–Crippen MR) is 226 cm³/mol. The Morgan fingerprint density at radius 2 is 1.22 bits per heavy atom. The van der Waals surface area contributed by atoms with E-state index in [4.69, 9.17) is 9.47 Å².